The fourth-order valence-corrected chi connectivity index (χ4v) is 3.96. The molecule has 1 amide bonds. The van der Waals surface area contributed by atoms with Crippen LogP contribution in [0.5, 0.6) is 5.88 Å². The summed E-state index contributed by atoms with van der Waals surface area (Å²) in [5.41, 5.74) is 1.72. The lowest BCUT2D eigenvalue weighted by Gasteiger charge is -2.36. The molecule has 1 aliphatic heterocycles. The first-order valence-corrected chi connectivity index (χ1v) is 9.45. The van der Waals surface area contributed by atoms with Crippen molar-refractivity contribution in [2.45, 2.75) is 13.0 Å². The van der Waals surface area contributed by atoms with Crippen molar-refractivity contribution in [1.29, 1.82) is 0 Å². The Bertz CT molecular complexity index is 708. The van der Waals surface area contributed by atoms with Gasteiger partial charge in [-0.3, -0.25) is 4.79 Å². The zero-order valence-corrected chi connectivity index (χ0v) is 15.0. The Kier molecular flexibility index (Phi) is 5.63. The normalized spacial score (nSPS) is 17.6. The van der Waals surface area contributed by atoms with Gasteiger partial charge in [-0.2, -0.15) is 11.8 Å². The Labute approximate surface area is 151 Å². The molecule has 126 valence electrons. The van der Waals surface area contributed by atoms with Crippen LogP contribution in [0, 0.1) is 0 Å². The van der Waals surface area contributed by atoms with Crippen molar-refractivity contribution in [2.75, 3.05) is 24.7 Å². The Hall–Kier alpha value is -1.72. The highest BCUT2D eigenvalue weighted by Crippen LogP contribution is 2.31. The van der Waals surface area contributed by atoms with Crippen LogP contribution in [0.25, 0.3) is 0 Å². The number of carbonyl (C=O) groups excluding carboxylic acids is 1. The van der Waals surface area contributed by atoms with Crippen molar-refractivity contribution >= 4 is 29.3 Å². The van der Waals surface area contributed by atoms with Crippen LogP contribution in [0.15, 0.2) is 42.6 Å². The molecule has 1 aliphatic rings. The van der Waals surface area contributed by atoms with Crippen molar-refractivity contribution < 1.29 is 9.53 Å². The molecule has 4 nitrogen and oxygen atoms in total. The van der Waals surface area contributed by atoms with Gasteiger partial charge < -0.3 is 9.64 Å². The van der Waals surface area contributed by atoms with Crippen molar-refractivity contribution in [1.82, 2.24) is 9.88 Å². The SMILES string of the molecule is CCOc1cc(C(=O)N2CCSCC2c2ccc(Cl)cc2)ccn1. The van der Waals surface area contributed by atoms with E-state index in [0.717, 1.165) is 23.6 Å². The van der Waals surface area contributed by atoms with Crippen LogP contribution in [-0.2, 0) is 0 Å². The number of ether oxygens (including phenoxy) is 1. The second-order valence-corrected chi connectivity index (χ2v) is 7.04. The summed E-state index contributed by atoms with van der Waals surface area (Å²) in [6, 6.07) is 11.3. The van der Waals surface area contributed by atoms with Crippen LogP contribution < -0.4 is 4.74 Å². The highest BCUT2D eigenvalue weighted by Gasteiger charge is 2.29. The van der Waals surface area contributed by atoms with Gasteiger partial charge in [-0.05, 0) is 30.7 Å². The van der Waals surface area contributed by atoms with Gasteiger partial charge in [0.1, 0.15) is 0 Å². The van der Waals surface area contributed by atoms with Crippen molar-refractivity contribution in [3.8, 4) is 5.88 Å². The zero-order chi connectivity index (χ0) is 16.9. The molecule has 0 spiro atoms. The van der Waals surface area contributed by atoms with E-state index in [1.54, 1.807) is 18.3 Å². The van der Waals surface area contributed by atoms with E-state index < -0.39 is 0 Å². The number of aromatic nitrogens is 1. The van der Waals surface area contributed by atoms with Gasteiger partial charge >= 0.3 is 0 Å². The molecule has 1 fully saturated rings. The van der Waals surface area contributed by atoms with Gasteiger partial charge in [-0.25, -0.2) is 4.98 Å². The number of pyridine rings is 1. The lowest BCUT2D eigenvalue weighted by Crippen LogP contribution is -2.40. The van der Waals surface area contributed by atoms with Gasteiger partial charge in [0.05, 0.1) is 12.6 Å². The van der Waals surface area contributed by atoms with E-state index in [9.17, 15) is 4.79 Å². The fourth-order valence-electron chi connectivity index (χ4n) is 2.74. The molecule has 6 heteroatoms. The largest absolute Gasteiger partial charge is 0.478 e. The molecule has 2 aromatic rings. The minimum atomic E-state index is 0.0126. The number of hydrogen-bond acceptors (Lipinski definition) is 4. The van der Waals surface area contributed by atoms with Crippen LogP contribution in [0.1, 0.15) is 28.9 Å². The molecule has 1 aromatic carbocycles. The Morgan fingerprint density at radius 2 is 2.17 bits per heavy atom. The maximum Gasteiger partial charge on any atom is 0.254 e. The molecule has 2 heterocycles. The van der Waals surface area contributed by atoms with E-state index in [-0.39, 0.29) is 11.9 Å². The van der Waals surface area contributed by atoms with E-state index >= 15 is 0 Å². The summed E-state index contributed by atoms with van der Waals surface area (Å²) in [5.74, 6) is 2.33. The summed E-state index contributed by atoms with van der Waals surface area (Å²) in [6.45, 7) is 3.15. The molecule has 0 aliphatic carbocycles. The van der Waals surface area contributed by atoms with Crippen LogP contribution >= 0.6 is 23.4 Å². The average molecular weight is 363 g/mol. The first-order chi connectivity index (χ1) is 11.7. The summed E-state index contributed by atoms with van der Waals surface area (Å²) in [7, 11) is 0. The van der Waals surface area contributed by atoms with Gasteiger partial charge in [0.25, 0.3) is 5.91 Å². The molecule has 0 N–H and O–H groups in total. The highest BCUT2D eigenvalue weighted by molar-refractivity contribution is 7.99. The third-order valence-corrected chi connectivity index (χ3v) is 5.19. The summed E-state index contributed by atoms with van der Waals surface area (Å²) in [5, 5.41) is 0.704. The monoisotopic (exact) mass is 362 g/mol. The summed E-state index contributed by atoms with van der Waals surface area (Å²) in [4.78, 5) is 19.1. The van der Waals surface area contributed by atoms with Crippen molar-refractivity contribution in [2.24, 2.45) is 0 Å². The molecular weight excluding hydrogens is 344 g/mol. The van der Waals surface area contributed by atoms with Crippen molar-refractivity contribution in [3.63, 3.8) is 0 Å². The quantitative estimate of drug-likeness (QED) is 0.822. The van der Waals surface area contributed by atoms with Gasteiger partial charge in [-0.15, -0.1) is 0 Å². The smallest absolute Gasteiger partial charge is 0.254 e. The number of amides is 1. The predicted octanol–water partition coefficient (Wildman–Crippen LogP) is 4.06. The molecule has 1 unspecified atom stereocenters. The topological polar surface area (TPSA) is 42.4 Å². The predicted molar refractivity (Wildman–Crippen MR) is 98.0 cm³/mol. The maximum absolute atomic E-state index is 13.0. The van der Waals surface area contributed by atoms with E-state index in [1.807, 2.05) is 47.9 Å². The minimum Gasteiger partial charge on any atom is -0.478 e. The van der Waals surface area contributed by atoms with Gasteiger partial charge in [0, 0.05) is 40.9 Å². The molecular formula is C18H19ClN2O2S. The molecule has 1 saturated heterocycles. The van der Waals surface area contributed by atoms with Crippen LogP contribution in [0.2, 0.25) is 5.02 Å². The number of rotatable bonds is 4. The third kappa shape index (κ3) is 3.84. The van der Waals surface area contributed by atoms with Crippen LogP contribution in [0.3, 0.4) is 0 Å². The second-order valence-electron chi connectivity index (χ2n) is 5.46. The number of halogens is 1. The average Bonchev–Trinajstić information content (AvgIpc) is 2.62. The second kappa shape index (κ2) is 7.90. The Morgan fingerprint density at radius 1 is 1.38 bits per heavy atom. The first kappa shape index (κ1) is 17.1. The Morgan fingerprint density at radius 3 is 2.92 bits per heavy atom. The molecule has 1 aromatic heterocycles. The molecule has 3 rings (SSSR count). The molecule has 0 saturated carbocycles. The highest BCUT2D eigenvalue weighted by atomic mass is 35.5. The first-order valence-electron chi connectivity index (χ1n) is 7.92. The molecule has 1 atom stereocenters. The van der Waals surface area contributed by atoms with E-state index in [0.29, 0.717) is 23.1 Å². The fraction of sp³-hybridized carbons (Fsp3) is 0.333. The zero-order valence-electron chi connectivity index (χ0n) is 13.4. The number of thioether (sulfide) groups is 1. The molecule has 0 bridgehead atoms. The van der Waals surface area contributed by atoms with E-state index in [1.165, 1.54) is 0 Å². The maximum atomic E-state index is 13.0. The molecule has 24 heavy (non-hydrogen) atoms. The lowest BCUT2D eigenvalue weighted by molar-refractivity contribution is 0.0700. The summed E-state index contributed by atoms with van der Waals surface area (Å²) in [6.07, 6.45) is 1.62. The number of benzene rings is 1. The molecule has 0 radical (unpaired) electrons. The number of hydrogen-bond donors (Lipinski definition) is 0. The standard InChI is InChI=1S/C18H19ClN2O2S/c1-2-23-17-11-14(7-8-20-17)18(22)21-9-10-24-12-16(21)13-3-5-15(19)6-4-13/h3-8,11,16H,2,9-10,12H2,1H3. The van der Waals surface area contributed by atoms with Gasteiger partial charge in [-0.1, -0.05) is 23.7 Å². The van der Waals surface area contributed by atoms with Crippen LogP contribution in [0.4, 0.5) is 0 Å². The van der Waals surface area contributed by atoms with Crippen molar-refractivity contribution in [3.05, 3.63) is 58.7 Å². The number of carbonyl (C=O) groups is 1. The summed E-state index contributed by atoms with van der Waals surface area (Å²) >= 11 is 7.85. The van der Waals surface area contributed by atoms with E-state index in [2.05, 4.69) is 4.98 Å². The van der Waals surface area contributed by atoms with Gasteiger partial charge in [0.2, 0.25) is 5.88 Å². The Balaban J connectivity index is 1.85. The third-order valence-electron chi connectivity index (χ3n) is 3.92. The van der Waals surface area contributed by atoms with E-state index in [4.69, 9.17) is 16.3 Å². The number of nitrogens with zero attached hydrogens (tertiary/aromatic N) is 2. The lowest BCUT2D eigenvalue weighted by atomic mass is 10.1. The van der Waals surface area contributed by atoms with Gasteiger partial charge in [0.15, 0.2) is 0 Å². The van der Waals surface area contributed by atoms with Crippen LogP contribution in [-0.4, -0.2) is 40.4 Å². The minimum absolute atomic E-state index is 0.0126. The summed E-state index contributed by atoms with van der Waals surface area (Å²) < 4.78 is 5.41.